The van der Waals surface area contributed by atoms with Crippen LogP contribution in [0.5, 0.6) is 11.5 Å². The molecule has 2 rings (SSSR count). The fourth-order valence-electron chi connectivity index (χ4n) is 2.04. The van der Waals surface area contributed by atoms with Crippen molar-refractivity contribution < 1.29 is 9.47 Å². The van der Waals surface area contributed by atoms with E-state index in [-0.39, 0.29) is 0 Å². The SMILES string of the molecule is COc1c(C)cc(C)c(S)c1OCc1ccccc1. The van der Waals surface area contributed by atoms with Crippen LogP contribution >= 0.6 is 12.6 Å². The highest BCUT2D eigenvalue weighted by atomic mass is 32.1. The number of benzene rings is 2. The van der Waals surface area contributed by atoms with Crippen LogP contribution in [-0.2, 0) is 6.61 Å². The quantitative estimate of drug-likeness (QED) is 0.843. The molecular formula is C16H18O2S. The monoisotopic (exact) mass is 274 g/mol. The molecule has 0 radical (unpaired) electrons. The Balaban J connectivity index is 2.29. The Morgan fingerprint density at radius 2 is 1.68 bits per heavy atom. The average molecular weight is 274 g/mol. The molecule has 0 atom stereocenters. The highest BCUT2D eigenvalue weighted by molar-refractivity contribution is 7.80. The third kappa shape index (κ3) is 3.04. The molecule has 100 valence electrons. The summed E-state index contributed by atoms with van der Waals surface area (Å²) in [4.78, 5) is 0.832. The molecule has 0 unspecified atom stereocenters. The summed E-state index contributed by atoms with van der Waals surface area (Å²) in [7, 11) is 1.65. The molecule has 2 aromatic carbocycles. The molecule has 3 heteroatoms. The second-order valence-electron chi connectivity index (χ2n) is 4.50. The summed E-state index contributed by atoms with van der Waals surface area (Å²) in [5.74, 6) is 1.47. The first-order valence-corrected chi connectivity index (χ1v) is 6.62. The summed E-state index contributed by atoms with van der Waals surface area (Å²) in [5.41, 5.74) is 3.27. The minimum absolute atomic E-state index is 0.508. The first-order chi connectivity index (χ1) is 9.13. The standard InChI is InChI=1S/C16H18O2S/c1-11-9-12(2)16(19)15(14(11)17-3)18-10-13-7-5-4-6-8-13/h4-9,19H,10H2,1-3H3. The largest absolute Gasteiger partial charge is 0.493 e. The van der Waals surface area contributed by atoms with Gasteiger partial charge in [-0.3, -0.25) is 0 Å². The summed E-state index contributed by atoms with van der Waals surface area (Å²) in [5, 5.41) is 0. The number of thiol groups is 1. The van der Waals surface area contributed by atoms with Gasteiger partial charge in [0.05, 0.1) is 12.0 Å². The van der Waals surface area contributed by atoms with Crippen LogP contribution in [0.2, 0.25) is 0 Å². The van der Waals surface area contributed by atoms with Crippen molar-refractivity contribution in [2.75, 3.05) is 7.11 Å². The predicted molar refractivity (Wildman–Crippen MR) is 80.5 cm³/mol. The molecule has 0 amide bonds. The lowest BCUT2D eigenvalue weighted by Crippen LogP contribution is -2.01. The van der Waals surface area contributed by atoms with Crippen LogP contribution in [0.1, 0.15) is 16.7 Å². The Morgan fingerprint density at radius 1 is 1.00 bits per heavy atom. The summed E-state index contributed by atoms with van der Waals surface area (Å²) in [6, 6.07) is 12.1. The van der Waals surface area contributed by atoms with Crippen LogP contribution in [0, 0.1) is 13.8 Å². The molecular weight excluding hydrogens is 256 g/mol. The molecule has 0 saturated carbocycles. The molecule has 0 aliphatic heterocycles. The van der Waals surface area contributed by atoms with Crippen LogP contribution in [-0.4, -0.2) is 7.11 Å². The van der Waals surface area contributed by atoms with E-state index in [0.29, 0.717) is 12.4 Å². The second-order valence-corrected chi connectivity index (χ2v) is 4.94. The molecule has 0 saturated heterocycles. The number of ether oxygens (including phenoxy) is 2. The van der Waals surface area contributed by atoms with Crippen molar-refractivity contribution in [2.45, 2.75) is 25.3 Å². The smallest absolute Gasteiger partial charge is 0.175 e. The van der Waals surface area contributed by atoms with E-state index in [1.807, 2.05) is 44.2 Å². The fraction of sp³-hybridized carbons (Fsp3) is 0.250. The highest BCUT2D eigenvalue weighted by Crippen LogP contribution is 2.39. The van der Waals surface area contributed by atoms with Crippen LogP contribution in [0.25, 0.3) is 0 Å². The lowest BCUT2D eigenvalue weighted by molar-refractivity contribution is 0.276. The van der Waals surface area contributed by atoms with Gasteiger partial charge in [0.1, 0.15) is 6.61 Å². The van der Waals surface area contributed by atoms with Gasteiger partial charge < -0.3 is 9.47 Å². The molecule has 0 N–H and O–H groups in total. The van der Waals surface area contributed by atoms with E-state index in [1.54, 1.807) is 7.11 Å². The van der Waals surface area contributed by atoms with E-state index in [0.717, 1.165) is 27.3 Å². The van der Waals surface area contributed by atoms with Crippen LogP contribution in [0.15, 0.2) is 41.3 Å². The fourth-order valence-corrected chi connectivity index (χ4v) is 2.27. The van der Waals surface area contributed by atoms with E-state index in [9.17, 15) is 0 Å². The molecule has 19 heavy (non-hydrogen) atoms. The molecule has 2 aromatic rings. The van der Waals surface area contributed by atoms with Crippen LogP contribution in [0.4, 0.5) is 0 Å². The Kier molecular flexibility index (Phi) is 4.38. The zero-order chi connectivity index (χ0) is 13.8. The number of aryl methyl sites for hydroxylation is 2. The highest BCUT2D eigenvalue weighted by Gasteiger charge is 2.14. The van der Waals surface area contributed by atoms with Crippen molar-refractivity contribution in [3.63, 3.8) is 0 Å². The molecule has 0 aromatic heterocycles. The molecule has 0 aliphatic rings. The van der Waals surface area contributed by atoms with E-state index < -0.39 is 0 Å². The van der Waals surface area contributed by atoms with Gasteiger partial charge in [-0.05, 0) is 30.5 Å². The van der Waals surface area contributed by atoms with Crippen molar-refractivity contribution in [1.29, 1.82) is 0 Å². The molecule has 0 fully saturated rings. The van der Waals surface area contributed by atoms with Crippen molar-refractivity contribution in [2.24, 2.45) is 0 Å². The maximum atomic E-state index is 5.91. The van der Waals surface area contributed by atoms with Crippen LogP contribution < -0.4 is 9.47 Å². The Hall–Kier alpha value is -1.61. The lowest BCUT2D eigenvalue weighted by Gasteiger charge is -2.16. The minimum atomic E-state index is 0.508. The van der Waals surface area contributed by atoms with E-state index >= 15 is 0 Å². The minimum Gasteiger partial charge on any atom is -0.493 e. The molecule has 0 heterocycles. The number of rotatable bonds is 4. The van der Waals surface area contributed by atoms with Gasteiger partial charge in [0.2, 0.25) is 0 Å². The third-order valence-corrected chi connectivity index (χ3v) is 3.57. The zero-order valence-corrected chi connectivity index (χ0v) is 12.3. The van der Waals surface area contributed by atoms with Crippen molar-refractivity contribution in [3.8, 4) is 11.5 Å². The zero-order valence-electron chi connectivity index (χ0n) is 11.4. The Bertz CT molecular complexity index is 565. The first-order valence-electron chi connectivity index (χ1n) is 6.17. The maximum Gasteiger partial charge on any atom is 0.175 e. The van der Waals surface area contributed by atoms with Gasteiger partial charge in [0, 0.05) is 0 Å². The summed E-state index contributed by atoms with van der Waals surface area (Å²) < 4.78 is 11.3. The lowest BCUT2D eigenvalue weighted by atomic mass is 10.1. The van der Waals surface area contributed by atoms with E-state index in [4.69, 9.17) is 9.47 Å². The second kappa shape index (κ2) is 6.02. The maximum absolute atomic E-state index is 5.91. The van der Waals surface area contributed by atoms with Crippen molar-refractivity contribution >= 4 is 12.6 Å². The van der Waals surface area contributed by atoms with Crippen molar-refractivity contribution in [3.05, 3.63) is 53.1 Å². The van der Waals surface area contributed by atoms with E-state index in [1.165, 1.54) is 0 Å². The third-order valence-electron chi connectivity index (χ3n) is 3.02. The van der Waals surface area contributed by atoms with Gasteiger partial charge in [-0.25, -0.2) is 0 Å². The number of hydrogen-bond donors (Lipinski definition) is 1. The first kappa shape index (κ1) is 13.8. The summed E-state index contributed by atoms with van der Waals surface area (Å²) >= 11 is 4.52. The van der Waals surface area contributed by atoms with Gasteiger partial charge >= 0.3 is 0 Å². The average Bonchev–Trinajstić information content (AvgIpc) is 2.42. The van der Waals surface area contributed by atoms with Gasteiger partial charge in [0.15, 0.2) is 11.5 Å². The number of hydrogen-bond acceptors (Lipinski definition) is 3. The predicted octanol–water partition coefficient (Wildman–Crippen LogP) is 4.18. The van der Waals surface area contributed by atoms with Crippen molar-refractivity contribution in [1.82, 2.24) is 0 Å². The normalized spacial score (nSPS) is 10.3. The topological polar surface area (TPSA) is 18.5 Å². The summed E-state index contributed by atoms with van der Waals surface area (Å²) in [6.45, 7) is 4.53. The Labute approximate surface area is 119 Å². The molecule has 0 bridgehead atoms. The van der Waals surface area contributed by atoms with Gasteiger partial charge in [-0.15, -0.1) is 12.6 Å². The summed E-state index contributed by atoms with van der Waals surface area (Å²) in [6.07, 6.45) is 0. The van der Waals surface area contributed by atoms with Gasteiger partial charge in [-0.1, -0.05) is 36.4 Å². The number of methoxy groups -OCH3 is 1. The van der Waals surface area contributed by atoms with Gasteiger partial charge in [-0.2, -0.15) is 0 Å². The van der Waals surface area contributed by atoms with E-state index in [2.05, 4.69) is 18.7 Å². The molecule has 0 spiro atoms. The molecule has 2 nitrogen and oxygen atoms in total. The van der Waals surface area contributed by atoms with Crippen LogP contribution in [0.3, 0.4) is 0 Å². The van der Waals surface area contributed by atoms with Gasteiger partial charge in [0.25, 0.3) is 0 Å². The Morgan fingerprint density at radius 3 is 2.32 bits per heavy atom. The molecule has 0 aliphatic carbocycles.